The molecule has 2 aromatic carbocycles. The second-order valence-corrected chi connectivity index (χ2v) is 6.58. The Morgan fingerprint density at radius 1 is 1.18 bits per heavy atom. The molecule has 0 aliphatic rings. The fraction of sp³-hybridized carbons (Fsp3) is 0.318. The Kier molecular flexibility index (Phi) is 6.78. The van der Waals surface area contributed by atoms with E-state index in [2.05, 4.69) is 34.5 Å². The van der Waals surface area contributed by atoms with E-state index in [1.807, 2.05) is 43.3 Å². The Morgan fingerprint density at radius 2 is 2.00 bits per heavy atom. The van der Waals surface area contributed by atoms with Crippen LogP contribution in [-0.4, -0.2) is 29.2 Å². The smallest absolute Gasteiger partial charge is 0.227 e. The normalized spacial score (nSPS) is 10.6. The van der Waals surface area contributed by atoms with E-state index in [-0.39, 0.29) is 5.91 Å². The van der Waals surface area contributed by atoms with Crippen LogP contribution >= 0.6 is 0 Å². The average Bonchev–Trinajstić information content (AvgIpc) is 3.19. The molecule has 0 fully saturated rings. The maximum absolute atomic E-state index is 12.0. The van der Waals surface area contributed by atoms with E-state index in [1.54, 1.807) is 0 Å². The lowest BCUT2D eigenvalue weighted by molar-refractivity contribution is -0.121. The number of aromatic nitrogens is 2. The van der Waals surface area contributed by atoms with Gasteiger partial charge >= 0.3 is 0 Å². The highest BCUT2D eigenvalue weighted by Crippen LogP contribution is 2.17. The van der Waals surface area contributed by atoms with Gasteiger partial charge in [0.15, 0.2) is 0 Å². The Morgan fingerprint density at radius 3 is 2.75 bits per heavy atom. The fourth-order valence-corrected chi connectivity index (χ4v) is 2.74. The summed E-state index contributed by atoms with van der Waals surface area (Å²) in [5.74, 6) is 1.74. The minimum absolute atomic E-state index is 0.0695. The average molecular weight is 379 g/mol. The maximum Gasteiger partial charge on any atom is 0.227 e. The monoisotopic (exact) mass is 379 g/mol. The number of nitrogens with zero attached hydrogens (tertiary/aromatic N) is 2. The second-order valence-electron chi connectivity index (χ2n) is 6.58. The number of carbonyl (C=O) groups excluding carboxylic acids is 1. The molecule has 1 aromatic heterocycles. The highest BCUT2D eigenvalue weighted by Gasteiger charge is 2.10. The summed E-state index contributed by atoms with van der Waals surface area (Å²) in [5.41, 5.74) is 3.31. The summed E-state index contributed by atoms with van der Waals surface area (Å²) in [7, 11) is 0. The Bertz CT molecular complexity index is 903. The third-order valence-electron chi connectivity index (χ3n) is 4.34. The van der Waals surface area contributed by atoms with Gasteiger partial charge in [-0.15, -0.1) is 0 Å². The third kappa shape index (κ3) is 5.67. The summed E-state index contributed by atoms with van der Waals surface area (Å²) in [6, 6.07) is 15.9. The van der Waals surface area contributed by atoms with Gasteiger partial charge in [0, 0.05) is 18.4 Å². The van der Waals surface area contributed by atoms with Crippen LogP contribution in [0.2, 0.25) is 0 Å². The first kappa shape index (κ1) is 19.6. The summed E-state index contributed by atoms with van der Waals surface area (Å²) in [4.78, 5) is 16.3. The molecule has 1 heterocycles. The van der Waals surface area contributed by atoms with Gasteiger partial charge in [-0.25, -0.2) is 0 Å². The molecule has 0 aliphatic heterocycles. The molecule has 0 radical (unpaired) electrons. The summed E-state index contributed by atoms with van der Waals surface area (Å²) in [6.45, 7) is 5.00. The Balaban J connectivity index is 1.39. The van der Waals surface area contributed by atoms with E-state index in [0.29, 0.717) is 37.7 Å². The van der Waals surface area contributed by atoms with Gasteiger partial charge < -0.3 is 14.6 Å². The number of rotatable bonds is 9. The first-order valence-corrected chi connectivity index (χ1v) is 9.52. The van der Waals surface area contributed by atoms with Crippen molar-refractivity contribution in [3.8, 4) is 17.1 Å². The summed E-state index contributed by atoms with van der Waals surface area (Å²) in [6.07, 6.45) is 1.69. The minimum atomic E-state index is -0.0695. The van der Waals surface area contributed by atoms with Gasteiger partial charge in [-0.3, -0.25) is 4.79 Å². The molecule has 3 rings (SSSR count). The van der Waals surface area contributed by atoms with Crippen molar-refractivity contribution in [3.63, 3.8) is 0 Å². The molecule has 1 amide bonds. The Labute approximate surface area is 164 Å². The second kappa shape index (κ2) is 9.69. The van der Waals surface area contributed by atoms with Crippen LogP contribution in [-0.2, 0) is 17.6 Å². The van der Waals surface area contributed by atoms with Crippen LogP contribution in [0.3, 0.4) is 0 Å². The number of amides is 1. The van der Waals surface area contributed by atoms with Gasteiger partial charge in [-0.2, -0.15) is 4.98 Å². The topological polar surface area (TPSA) is 77.2 Å². The maximum atomic E-state index is 12.0. The van der Waals surface area contributed by atoms with Crippen molar-refractivity contribution in [1.29, 1.82) is 0 Å². The molecular formula is C22H25N3O3. The van der Waals surface area contributed by atoms with E-state index < -0.39 is 0 Å². The number of hydrogen-bond donors (Lipinski definition) is 1. The van der Waals surface area contributed by atoms with Crippen molar-refractivity contribution in [2.75, 3.05) is 13.2 Å². The molecule has 3 aromatic rings. The molecule has 6 nitrogen and oxygen atoms in total. The highest BCUT2D eigenvalue weighted by atomic mass is 16.5. The third-order valence-corrected chi connectivity index (χ3v) is 4.34. The van der Waals surface area contributed by atoms with E-state index in [4.69, 9.17) is 9.26 Å². The van der Waals surface area contributed by atoms with E-state index >= 15 is 0 Å². The van der Waals surface area contributed by atoms with Crippen molar-refractivity contribution in [2.24, 2.45) is 0 Å². The molecule has 0 spiro atoms. The van der Waals surface area contributed by atoms with Crippen LogP contribution in [0, 0.1) is 6.92 Å². The Hall–Kier alpha value is -3.15. The number of carbonyl (C=O) groups is 1. The lowest BCUT2D eigenvalue weighted by Crippen LogP contribution is -2.28. The van der Waals surface area contributed by atoms with Crippen LogP contribution in [0.1, 0.15) is 30.4 Å². The molecule has 0 saturated heterocycles. The lowest BCUT2D eigenvalue weighted by Gasteiger charge is -2.07. The van der Waals surface area contributed by atoms with Crippen LogP contribution < -0.4 is 10.1 Å². The fourth-order valence-electron chi connectivity index (χ4n) is 2.74. The van der Waals surface area contributed by atoms with Crippen molar-refractivity contribution < 1.29 is 14.1 Å². The molecule has 146 valence electrons. The zero-order valence-corrected chi connectivity index (χ0v) is 16.3. The van der Waals surface area contributed by atoms with Gasteiger partial charge in [0.1, 0.15) is 12.4 Å². The van der Waals surface area contributed by atoms with Gasteiger partial charge in [-0.05, 0) is 36.6 Å². The zero-order valence-electron chi connectivity index (χ0n) is 16.3. The van der Waals surface area contributed by atoms with Crippen molar-refractivity contribution >= 4 is 5.91 Å². The number of aryl methyl sites for hydroxylation is 3. The first-order chi connectivity index (χ1) is 13.6. The number of hydrogen-bond acceptors (Lipinski definition) is 5. The van der Waals surface area contributed by atoms with E-state index in [9.17, 15) is 4.79 Å². The quantitative estimate of drug-likeness (QED) is 0.573. The molecule has 0 saturated carbocycles. The predicted molar refractivity (Wildman–Crippen MR) is 107 cm³/mol. The van der Waals surface area contributed by atoms with Gasteiger partial charge in [0.25, 0.3) is 0 Å². The molecule has 28 heavy (non-hydrogen) atoms. The van der Waals surface area contributed by atoms with Crippen molar-refractivity contribution in [3.05, 3.63) is 65.5 Å². The van der Waals surface area contributed by atoms with Gasteiger partial charge in [-0.1, -0.05) is 48.5 Å². The lowest BCUT2D eigenvalue weighted by atomic mass is 10.1. The summed E-state index contributed by atoms with van der Waals surface area (Å²) < 4.78 is 10.9. The first-order valence-electron chi connectivity index (χ1n) is 9.52. The number of benzene rings is 2. The van der Waals surface area contributed by atoms with Gasteiger partial charge in [0.05, 0.1) is 6.54 Å². The SMILES string of the molecule is CCc1ccc(-c2noc(CCC(=O)NCCOc3cccc(C)c3)n2)cc1. The van der Waals surface area contributed by atoms with Crippen LogP contribution in [0.4, 0.5) is 0 Å². The van der Waals surface area contributed by atoms with Gasteiger partial charge in [0.2, 0.25) is 17.6 Å². The van der Waals surface area contributed by atoms with Crippen LogP contribution in [0.5, 0.6) is 5.75 Å². The molecule has 1 N–H and O–H groups in total. The highest BCUT2D eigenvalue weighted by molar-refractivity contribution is 5.76. The van der Waals surface area contributed by atoms with Crippen LogP contribution in [0.25, 0.3) is 11.4 Å². The number of ether oxygens (including phenoxy) is 1. The van der Waals surface area contributed by atoms with Crippen LogP contribution in [0.15, 0.2) is 53.1 Å². The molecule has 0 bridgehead atoms. The predicted octanol–water partition coefficient (Wildman–Crippen LogP) is 3.74. The summed E-state index contributed by atoms with van der Waals surface area (Å²) >= 11 is 0. The molecule has 0 unspecified atom stereocenters. The van der Waals surface area contributed by atoms with Crippen molar-refractivity contribution in [1.82, 2.24) is 15.5 Å². The largest absolute Gasteiger partial charge is 0.492 e. The van der Waals surface area contributed by atoms with E-state index in [1.165, 1.54) is 5.56 Å². The number of nitrogens with one attached hydrogen (secondary N) is 1. The molecular weight excluding hydrogens is 354 g/mol. The zero-order chi connectivity index (χ0) is 19.8. The molecule has 6 heteroatoms. The minimum Gasteiger partial charge on any atom is -0.492 e. The summed E-state index contributed by atoms with van der Waals surface area (Å²) in [5, 5.41) is 6.83. The standard InChI is InChI=1S/C22H25N3O3/c1-3-17-7-9-18(10-8-17)22-24-21(28-25-22)12-11-20(26)23-13-14-27-19-6-4-5-16(2)15-19/h4-10,15H,3,11-14H2,1-2H3,(H,23,26). The molecule has 0 atom stereocenters. The molecule has 0 aliphatic carbocycles. The van der Waals surface area contributed by atoms with E-state index in [0.717, 1.165) is 23.3 Å². The van der Waals surface area contributed by atoms with Crippen molar-refractivity contribution in [2.45, 2.75) is 33.1 Å².